The minimum Gasteiger partial charge on any atom is -0.463 e. The molecule has 1 aliphatic heterocycles. The van der Waals surface area contributed by atoms with E-state index in [1.165, 1.54) is 153 Å². The van der Waals surface area contributed by atoms with Gasteiger partial charge in [0.05, 0.1) is 6.10 Å². The van der Waals surface area contributed by atoms with Crippen molar-refractivity contribution < 1.29 is 34.3 Å². The summed E-state index contributed by atoms with van der Waals surface area (Å²) in [6, 6.07) is 0. The first-order valence-electron chi connectivity index (χ1n) is 27.1. The van der Waals surface area contributed by atoms with Gasteiger partial charge in [-0.15, -0.1) is 0 Å². The topological polar surface area (TPSA) is 105 Å². The van der Waals surface area contributed by atoms with Crippen LogP contribution in [0.15, 0.2) is 11.6 Å². The molecule has 0 bridgehead atoms. The van der Waals surface area contributed by atoms with Gasteiger partial charge in [0, 0.05) is 6.42 Å². The highest BCUT2D eigenvalue weighted by Gasteiger charge is 2.59. The van der Waals surface area contributed by atoms with Crippen molar-refractivity contribution in [2.24, 2.45) is 46.3 Å². The Hall–Kier alpha value is -0.990. The van der Waals surface area contributed by atoms with Gasteiger partial charge >= 0.3 is 5.97 Å². The first-order valence-corrected chi connectivity index (χ1v) is 27.1. The van der Waals surface area contributed by atoms with Gasteiger partial charge in [-0.1, -0.05) is 188 Å². The lowest BCUT2D eigenvalue weighted by Gasteiger charge is -2.58. The van der Waals surface area contributed by atoms with Crippen LogP contribution in [0.2, 0.25) is 0 Å². The van der Waals surface area contributed by atoms with Crippen molar-refractivity contribution in [3.8, 4) is 0 Å². The third-order valence-corrected chi connectivity index (χ3v) is 17.6. The maximum absolute atomic E-state index is 12.7. The predicted octanol–water partition coefficient (Wildman–Crippen LogP) is 13.6. The molecule has 13 atom stereocenters. The number of rotatable bonds is 29. The van der Waals surface area contributed by atoms with Crippen molar-refractivity contribution in [1.29, 1.82) is 0 Å². The highest BCUT2D eigenvalue weighted by atomic mass is 16.7. The summed E-state index contributed by atoms with van der Waals surface area (Å²) in [5.41, 5.74) is 2.15. The standard InChI is InChI=1S/C55H98O7/c1-7-8-9-10-11-12-13-14-15-16-17-18-19-20-21-22-23-24-25-29-49(56)60-39-48-50(57)51(58)52(59)53(62-48)61-43-34-36-54(5)42(38-43)30-31-44-46-33-32-45(41(4)28-26-27-40(2)3)55(46,6)37-35-47(44)54/h30,40-41,43-48,50-53,57-59H,7-29,31-39H2,1-6H3/t41?,43-,44-,45+,46-,47-,48+,50+,51-,52+,53+,54-,55+/m0/s1. The summed E-state index contributed by atoms with van der Waals surface area (Å²) >= 11 is 0. The number of allylic oxidation sites excluding steroid dienone is 1. The van der Waals surface area contributed by atoms with Crippen LogP contribution in [0.5, 0.6) is 0 Å². The van der Waals surface area contributed by atoms with E-state index in [-0.39, 0.29) is 24.1 Å². The van der Waals surface area contributed by atoms with E-state index in [0.717, 1.165) is 74.5 Å². The first-order chi connectivity index (χ1) is 29.9. The van der Waals surface area contributed by atoms with Gasteiger partial charge in [0.2, 0.25) is 0 Å². The van der Waals surface area contributed by atoms with Gasteiger partial charge in [0.1, 0.15) is 31.0 Å². The molecule has 360 valence electrons. The monoisotopic (exact) mass is 871 g/mol. The Morgan fingerprint density at radius 1 is 0.710 bits per heavy atom. The maximum Gasteiger partial charge on any atom is 0.305 e. The van der Waals surface area contributed by atoms with Crippen molar-refractivity contribution in [2.75, 3.05) is 6.61 Å². The normalized spacial score (nSPS) is 35.0. The number of hydrogen-bond donors (Lipinski definition) is 3. The highest BCUT2D eigenvalue weighted by Crippen LogP contribution is 2.67. The third-order valence-electron chi connectivity index (χ3n) is 17.6. The fourth-order valence-corrected chi connectivity index (χ4v) is 13.7. The third kappa shape index (κ3) is 14.5. The molecule has 0 aromatic heterocycles. The number of ether oxygens (including phenoxy) is 3. The van der Waals surface area contributed by atoms with Crippen LogP contribution in [-0.4, -0.2) is 64.7 Å². The number of fused-ring (bicyclic) bond motifs is 5. The van der Waals surface area contributed by atoms with Gasteiger partial charge in [-0.05, 0) is 104 Å². The minimum absolute atomic E-state index is 0.137. The molecule has 3 saturated carbocycles. The van der Waals surface area contributed by atoms with Crippen LogP contribution in [0, 0.1) is 46.3 Å². The molecule has 0 spiro atoms. The lowest BCUT2D eigenvalue weighted by Crippen LogP contribution is -2.60. The molecule has 62 heavy (non-hydrogen) atoms. The van der Waals surface area contributed by atoms with Crippen LogP contribution in [0.25, 0.3) is 0 Å². The van der Waals surface area contributed by atoms with Crippen molar-refractivity contribution in [3.05, 3.63) is 11.6 Å². The average Bonchev–Trinajstić information content (AvgIpc) is 3.61. The molecule has 1 heterocycles. The second-order valence-corrected chi connectivity index (χ2v) is 22.6. The van der Waals surface area contributed by atoms with E-state index < -0.39 is 30.7 Å². The minimum atomic E-state index is -1.44. The molecule has 0 radical (unpaired) electrons. The van der Waals surface area contributed by atoms with Crippen LogP contribution < -0.4 is 0 Å². The number of carbonyl (C=O) groups excluding carboxylic acids is 1. The lowest BCUT2D eigenvalue weighted by molar-refractivity contribution is -0.313. The van der Waals surface area contributed by atoms with Crippen LogP contribution in [0.4, 0.5) is 0 Å². The molecule has 5 aliphatic rings. The van der Waals surface area contributed by atoms with E-state index in [0.29, 0.717) is 17.8 Å². The second-order valence-electron chi connectivity index (χ2n) is 22.6. The van der Waals surface area contributed by atoms with Gasteiger partial charge in [-0.3, -0.25) is 4.79 Å². The van der Waals surface area contributed by atoms with Gasteiger partial charge < -0.3 is 29.5 Å². The SMILES string of the molecule is CCCCCCCCCCCCCCCCCCCCCC(=O)OC[C@H]1O[C@@H](O[C@H]2CC[C@@]3(C)C(=CC[C@H]4[C@@H]5CC[C@H](C(C)CCCC(C)C)[C@@]5(C)CC[C@@H]43)C2)[C@H](O)[C@@H](O)[C@@H]1O. The van der Waals surface area contributed by atoms with Crippen molar-refractivity contribution in [2.45, 2.75) is 277 Å². The van der Waals surface area contributed by atoms with E-state index in [1.807, 2.05) is 0 Å². The van der Waals surface area contributed by atoms with Gasteiger partial charge in [-0.2, -0.15) is 0 Å². The van der Waals surface area contributed by atoms with Crippen LogP contribution in [0.3, 0.4) is 0 Å². The molecular weight excluding hydrogens is 773 g/mol. The van der Waals surface area contributed by atoms with Crippen molar-refractivity contribution >= 4 is 5.97 Å². The number of unbranched alkanes of at least 4 members (excludes halogenated alkanes) is 18. The molecule has 0 aromatic rings. The Morgan fingerprint density at radius 2 is 1.31 bits per heavy atom. The van der Waals surface area contributed by atoms with E-state index in [4.69, 9.17) is 14.2 Å². The largest absolute Gasteiger partial charge is 0.463 e. The van der Waals surface area contributed by atoms with Gasteiger partial charge in [0.15, 0.2) is 6.29 Å². The zero-order valence-corrected chi connectivity index (χ0v) is 41.1. The average molecular weight is 871 g/mol. The van der Waals surface area contributed by atoms with Crippen LogP contribution >= 0.6 is 0 Å². The van der Waals surface area contributed by atoms with Crippen molar-refractivity contribution in [1.82, 2.24) is 0 Å². The quantitative estimate of drug-likeness (QED) is 0.0390. The van der Waals surface area contributed by atoms with E-state index in [1.54, 1.807) is 0 Å². The molecule has 4 aliphatic carbocycles. The molecule has 1 saturated heterocycles. The molecule has 0 amide bonds. The number of hydrogen-bond acceptors (Lipinski definition) is 7. The van der Waals surface area contributed by atoms with E-state index >= 15 is 0 Å². The first kappa shape index (κ1) is 52.0. The smallest absolute Gasteiger partial charge is 0.305 e. The zero-order valence-electron chi connectivity index (χ0n) is 41.1. The Balaban J connectivity index is 0.948. The van der Waals surface area contributed by atoms with E-state index in [9.17, 15) is 20.1 Å². The Labute approximate surface area is 381 Å². The van der Waals surface area contributed by atoms with Gasteiger partial charge in [0.25, 0.3) is 0 Å². The molecular formula is C55H98O7. The summed E-state index contributed by atoms with van der Waals surface area (Å²) in [7, 11) is 0. The molecule has 1 unspecified atom stereocenters. The molecule has 4 fully saturated rings. The number of aliphatic hydroxyl groups is 3. The van der Waals surface area contributed by atoms with Crippen LogP contribution in [0.1, 0.15) is 241 Å². The van der Waals surface area contributed by atoms with E-state index in [2.05, 4.69) is 47.6 Å². The Kier molecular flexibility index (Phi) is 22.1. The summed E-state index contributed by atoms with van der Waals surface area (Å²) in [6.45, 7) is 14.6. The lowest BCUT2D eigenvalue weighted by atomic mass is 9.47. The number of carbonyl (C=O) groups is 1. The van der Waals surface area contributed by atoms with Crippen molar-refractivity contribution in [3.63, 3.8) is 0 Å². The highest BCUT2D eigenvalue weighted by molar-refractivity contribution is 5.69. The summed E-state index contributed by atoms with van der Waals surface area (Å²) in [5.74, 6) is 4.45. The van der Waals surface area contributed by atoms with Gasteiger partial charge in [-0.25, -0.2) is 0 Å². The zero-order chi connectivity index (χ0) is 44.5. The van der Waals surface area contributed by atoms with Crippen LogP contribution in [-0.2, 0) is 19.0 Å². The molecule has 5 rings (SSSR count). The molecule has 0 aromatic carbocycles. The summed E-state index contributed by atoms with van der Waals surface area (Å²) in [6.07, 6.45) is 34.9. The molecule has 7 heteroatoms. The Bertz CT molecular complexity index is 1300. The number of esters is 1. The second kappa shape index (κ2) is 26.4. The fraction of sp³-hybridized carbons (Fsp3) is 0.945. The maximum atomic E-state index is 12.7. The molecule has 3 N–H and O–H groups in total. The fourth-order valence-electron chi connectivity index (χ4n) is 13.7. The number of aliphatic hydroxyl groups excluding tert-OH is 3. The summed E-state index contributed by atoms with van der Waals surface area (Å²) in [5, 5.41) is 32.6. The molecule has 7 nitrogen and oxygen atoms in total. The Morgan fingerprint density at radius 3 is 1.90 bits per heavy atom. The summed E-state index contributed by atoms with van der Waals surface area (Å²) < 4.78 is 18.1. The predicted molar refractivity (Wildman–Crippen MR) is 254 cm³/mol. The summed E-state index contributed by atoms with van der Waals surface area (Å²) in [4.78, 5) is 12.7.